The number of aryl methyl sites for hydroxylation is 1. The van der Waals surface area contributed by atoms with Gasteiger partial charge in [0.05, 0.1) is 4.92 Å². The topological polar surface area (TPSA) is 69.9 Å². The van der Waals surface area contributed by atoms with E-state index in [2.05, 4.69) is 21.9 Å². The van der Waals surface area contributed by atoms with Gasteiger partial charge in [-0.05, 0) is 48.2 Å². The Labute approximate surface area is 199 Å². The number of nitro benzene ring substituents is 1. The Morgan fingerprint density at radius 3 is 2.29 bits per heavy atom. The lowest BCUT2D eigenvalue weighted by molar-refractivity contribution is -0.384. The average Bonchev–Trinajstić information content (AvgIpc) is 2.88. The molecule has 2 aliphatic rings. The summed E-state index contributed by atoms with van der Waals surface area (Å²) in [5, 5.41) is 11.8. The summed E-state index contributed by atoms with van der Waals surface area (Å²) in [7, 11) is 0. The largest absolute Gasteiger partial charge is 0.368 e. The second-order valence-electron chi connectivity index (χ2n) is 8.96. The standard InChI is InChI=1S/C27H28N4O3/c1-20-6-2-5-9-24(20)27(32)29-16-14-28(15-17-29)23-10-11-25(31(33)34)26(18-23)30-13-12-21-7-3-4-8-22(21)19-30/h2-11,18H,12-17,19H2,1H3. The molecule has 1 amide bonds. The molecule has 3 aromatic carbocycles. The zero-order chi connectivity index (χ0) is 23.7. The first-order valence-electron chi connectivity index (χ1n) is 11.7. The summed E-state index contributed by atoms with van der Waals surface area (Å²) >= 11 is 0. The van der Waals surface area contributed by atoms with Gasteiger partial charge in [-0.3, -0.25) is 14.9 Å². The molecule has 0 atom stereocenters. The lowest BCUT2D eigenvalue weighted by Crippen LogP contribution is -2.49. The molecule has 2 heterocycles. The fraction of sp³-hybridized carbons (Fsp3) is 0.296. The van der Waals surface area contributed by atoms with Gasteiger partial charge in [0.1, 0.15) is 5.69 Å². The Morgan fingerprint density at radius 1 is 0.853 bits per heavy atom. The van der Waals surface area contributed by atoms with Crippen molar-refractivity contribution in [3.63, 3.8) is 0 Å². The minimum Gasteiger partial charge on any atom is -0.368 e. The summed E-state index contributed by atoms with van der Waals surface area (Å²) < 4.78 is 0. The van der Waals surface area contributed by atoms with Crippen molar-refractivity contribution < 1.29 is 9.72 Å². The first kappa shape index (κ1) is 21.9. The molecule has 0 bridgehead atoms. The minimum absolute atomic E-state index is 0.0640. The van der Waals surface area contributed by atoms with Gasteiger partial charge in [-0.1, -0.05) is 42.5 Å². The fourth-order valence-corrected chi connectivity index (χ4v) is 4.97. The van der Waals surface area contributed by atoms with Gasteiger partial charge in [0, 0.05) is 56.6 Å². The number of rotatable bonds is 4. The van der Waals surface area contributed by atoms with Crippen molar-refractivity contribution in [2.45, 2.75) is 19.9 Å². The van der Waals surface area contributed by atoms with E-state index in [4.69, 9.17) is 0 Å². The number of nitrogens with zero attached hydrogens (tertiary/aromatic N) is 4. The highest BCUT2D eigenvalue weighted by molar-refractivity contribution is 5.95. The first-order chi connectivity index (χ1) is 16.5. The minimum atomic E-state index is -0.293. The van der Waals surface area contributed by atoms with Crippen LogP contribution in [0.4, 0.5) is 17.1 Å². The molecule has 0 radical (unpaired) electrons. The van der Waals surface area contributed by atoms with Gasteiger partial charge < -0.3 is 14.7 Å². The van der Waals surface area contributed by atoms with E-state index in [0.717, 1.165) is 29.8 Å². The number of carbonyl (C=O) groups is 1. The molecule has 7 heteroatoms. The maximum Gasteiger partial charge on any atom is 0.292 e. The van der Waals surface area contributed by atoms with E-state index in [9.17, 15) is 14.9 Å². The van der Waals surface area contributed by atoms with Crippen LogP contribution >= 0.6 is 0 Å². The van der Waals surface area contributed by atoms with Crippen LogP contribution in [0.25, 0.3) is 0 Å². The number of fused-ring (bicyclic) bond motifs is 1. The highest BCUT2D eigenvalue weighted by atomic mass is 16.6. The predicted octanol–water partition coefficient (Wildman–Crippen LogP) is 4.43. The second kappa shape index (κ2) is 9.17. The summed E-state index contributed by atoms with van der Waals surface area (Å²) in [6.45, 7) is 6.00. The summed E-state index contributed by atoms with van der Waals surface area (Å²) in [5.74, 6) is 0.0640. The molecule has 0 aromatic heterocycles. The number of anilines is 2. The summed E-state index contributed by atoms with van der Waals surface area (Å²) in [6.07, 6.45) is 0.872. The van der Waals surface area contributed by atoms with E-state index in [-0.39, 0.29) is 16.5 Å². The van der Waals surface area contributed by atoms with Gasteiger partial charge in [-0.25, -0.2) is 0 Å². The summed E-state index contributed by atoms with van der Waals surface area (Å²) in [5.41, 5.74) is 6.02. The van der Waals surface area contributed by atoms with Crippen LogP contribution in [0.1, 0.15) is 27.0 Å². The molecule has 7 nitrogen and oxygen atoms in total. The van der Waals surface area contributed by atoms with Crippen LogP contribution in [0.5, 0.6) is 0 Å². The van der Waals surface area contributed by atoms with Crippen LogP contribution in [-0.4, -0.2) is 48.5 Å². The van der Waals surface area contributed by atoms with Crippen molar-refractivity contribution in [2.75, 3.05) is 42.5 Å². The van der Waals surface area contributed by atoms with E-state index < -0.39 is 0 Å². The molecule has 174 valence electrons. The molecule has 34 heavy (non-hydrogen) atoms. The van der Waals surface area contributed by atoms with E-state index >= 15 is 0 Å². The third-order valence-corrected chi connectivity index (χ3v) is 6.93. The van der Waals surface area contributed by atoms with Crippen molar-refractivity contribution >= 4 is 23.0 Å². The van der Waals surface area contributed by atoms with Crippen LogP contribution < -0.4 is 9.80 Å². The zero-order valence-electron chi connectivity index (χ0n) is 19.3. The number of carbonyl (C=O) groups excluding carboxylic acids is 1. The van der Waals surface area contributed by atoms with Gasteiger partial charge in [0.25, 0.3) is 11.6 Å². The Kier molecular flexibility index (Phi) is 5.92. The highest BCUT2D eigenvalue weighted by Crippen LogP contribution is 2.35. The number of benzene rings is 3. The average molecular weight is 457 g/mol. The molecule has 2 aliphatic heterocycles. The van der Waals surface area contributed by atoms with Crippen molar-refractivity contribution in [1.29, 1.82) is 0 Å². The smallest absolute Gasteiger partial charge is 0.292 e. The van der Waals surface area contributed by atoms with Crippen LogP contribution in [0.15, 0.2) is 66.7 Å². The molecule has 1 saturated heterocycles. The van der Waals surface area contributed by atoms with Crippen molar-refractivity contribution in [3.8, 4) is 0 Å². The van der Waals surface area contributed by atoms with Gasteiger partial charge in [-0.2, -0.15) is 0 Å². The summed E-state index contributed by atoms with van der Waals surface area (Å²) in [4.78, 5) is 30.7. The highest BCUT2D eigenvalue weighted by Gasteiger charge is 2.27. The molecule has 0 saturated carbocycles. The molecule has 3 aromatic rings. The SMILES string of the molecule is Cc1ccccc1C(=O)N1CCN(c2ccc([N+](=O)[O-])c(N3CCc4ccccc4C3)c2)CC1. The molecule has 0 unspecified atom stereocenters. The van der Waals surface area contributed by atoms with Crippen LogP contribution in [-0.2, 0) is 13.0 Å². The predicted molar refractivity (Wildman–Crippen MR) is 134 cm³/mol. The van der Waals surface area contributed by atoms with Crippen molar-refractivity contribution in [2.24, 2.45) is 0 Å². The first-order valence-corrected chi connectivity index (χ1v) is 11.7. The van der Waals surface area contributed by atoms with Crippen LogP contribution in [0.3, 0.4) is 0 Å². The van der Waals surface area contributed by atoms with E-state index in [1.165, 1.54) is 11.1 Å². The van der Waals surface area contributed by atoms with Gasteiger partial charge >= 0.3 is 0 Å². The van der Waals surface area contributed by atoms with Crippen molar-refractivity contribution in [3.05, 3.63) is 99.1 Å². The molecule has 1 fully saturated rings. The maximum absolute atomic E-state index is 13.0. The Balaban J connectivity index is 1.34. The van der Waals surface area contributed by atoms with E-state index in [1.807, 2.05) is 60.4 Å². The molecular weight excluding hydrogens is 428 g/mol. The number of piperazine rings is 1. The van der Waals surface area contributed by atoms with Gasteiger partial charge in [0.15, 0.2) is 0 Å². The lowest BCUT2D eigenvalue weighted by Gasteiger charge is -2.37. The summed E-state index contributed by atoms with van der Waals surface area (Å²) in [6, 6.07) is 21.4. The Hall–Kier alpha value is -3.87. The molecule has 0 aliphatic carbocycles. The number of nitro groups is 1. The third kappa shape index (κ3) is 4.21. The van der Waals surface area contributed by atoms with E-state index in [0.29, 0.717) is 38.4 Å². The third-order valence-electron chi connectivity index (χ3n) is 6.93. The number of hydrogen-bond acceptors (Lipinski definition) is 5. The Bertz CT molecular complexity index is 1230. The Morgan fingerprint density at radius 2 is 1.56 bits per heavy atom. The molecule has 5 rings (SSSR count). The molecule has 0 N–H and O–H groups in total. The van der Waals surface area contributed by atoms with Crippen LogP contribution in [0, 0.1) is 17.0 Å². The number of hydrogen-bond donors (Lipinski definition) is 0. The van der Waals surface area contributed by atoms with Crippen molar-refractivity contribution in [1.82, 2.24) is 4.90 Å². The zero-order valence-corrected chi connectivity index (χ0v) is 19.3. The molecular formula is C27H28N4O3. The monoisotopic (exact) mass is 456 g/mol. The van der Waals surface area contributed by atoms with E-state index in [1.54, 1.807) is 6.07 Å². The lowest BCUT2D eigenvalue weighted by atomic mass is 9.99. The number of amides is 1. The maximum atomic E-state index is 13.0. The van der Waals surface area contributed by atoms with Gasteiger partial charge in [0.2, 0.25) is 0 Å². The van der Waals surface area contributed by atoms with Gasteiger partial charge in [-0.15, -0.1) is 0 Å². The van der Waals surface area contributed by atoms with Crippen LogP contribution in [0.2, 0.25) is 0 Å². The normalized spacial score (nSPS) is 15.7. The molecule has 0 spiro atoms. The fourth-order valence-electron chi connectivity index (χ4n) is 4.97. The second-order valence-corrected chi connectivity index (χ2v) is 8.96. The quantitative estimate of drug-likeness (QED) is 0.429.